The van der Waals surface area contributed by atoms with Crippen molar-refractivity contribution in [2.24, 2.45) is 11.8 Å². The van der Waals surface area contributed by atoms with Crippen molar-refractivity contribution in [1.29, 1.82) is 0 Å². The highest BCUT2D eigenvalue weighted by atomic mass is 32.2. The largest absolute Gasteiger partial charge is 0.449 e. The Kier molecular flexibility index (Phi) is 7.09. The summed E-state index contributed by atoms with van der Waals surface area (Å²) in [5.74, 6) is -0.279. The van der Waals surface area contributed by atoms with Crippen LogP contribution in [0.5, 0.6) is 0 Å². The number of benzene rings is 2. The number of hydrogen-bond donors (Lipinski definition) is 0. The topological polar surface area (TPSA) is 84.0 Å². The average Bonchev–Trinajstić information content (AvgIpc) is 2.82. The predicted molar refractivity (Wildman–Crippen MR) is 129 cm³/mol. The summed E-state index contributed by atoms with van der Waals surface area (Å²) in [5.41, 5.74) is 2.55. The Labute approximate surface area is 201 Å². The van der Waals surface area contributed by atoms with E-state index in [1.165, 1.54) is 34.1 Å². The van der Waals surface area contributed by atoms with Gasteiger partial charge in [-0.2, -0.15) is 4.31 Å². The summed E-state index contributed by atoms with van der Waals surface area (Å²) in [6.45, 7) is 7.76. The summed E-state index contributed by atoms with van der Waals surface area (Å²) >= 11 is 0. The molecule has 0 spiro atoms. The third-order valence-corrected chi connectivity index (χ3v) is 8.48. The molecule has 3 atom stereocenters. The van der Waals surface area contributed by atoms with E-state index in [2.05, 4.69) is 19.9 Å². The molecule has 1 fully saturated rings. The molecule has 2 aliphatic heterocycles. The summed E-state index contributed by atoms with van der Waals surface area (Å²) in [5, 5.41) is 0. The van der Waals surface area contributed by atoms with E-state index in [0.29, 0.717) is 38.0 Å². The second kappa shape index (κ2) is 9.88. The van der Waals surface area contributed by atoms with Crippen LogP contribution < -0.4 is 0 Å². The number of ether oxygens (including phenoxy) is 1. The van der Waals surface area contributed by atoms with E-state index in [9.17, 15) is 18.0 Å². The maximum Gasteiger partial charge on any atom is 0.338 e. The fourth-order valence-corrected chi connectivity index (χ4v) is 6.61. The van der Waals surface area contributed by atoms with Crippen molar-refractivity contribution in [2.75, 3.05) is 19.6 Å². The molecular formula is C26H32N2O5S. The minimum Gasteiger partial charge on any atom is -0.449 e. The van der Waals surface area contributed by atoms with Crippen molar-refractivity contribution in [3.63, 3.8) is 0 Å². The van der Waals surface area contributed by atoms with Gasteiger partial charge in [0.15, 0.2) is 6.10 Å². The lowest BCUT2D eigenvalue weighted by Crippen LogP contribution is -2.42. The summed E-state index contributed by atoms with van der Waals surface area (Å²) in [4.78, 5) is 27.3. The summed E-state index contributed by atoms with van der Waals surface area (Å²) in [6, 6.07) is 13.8. The van der Waals surface area contributed by atoms with Gasteiger partial charge in [0.2, 0.25) is 10.0 Å². The number of fused-ring (bicyclic) bond motifs is 1. The number of hydrogen-bond acceptors (Lipinski definition) is 5. The van der Waals surface area contributed by atoms with Gasteiger partial charge < -0.3 is 9.64 Å². The minimum atomic E-state index is -3.63. The molecule has 2 aromatic rings. The third kappa shape index (κ3) is 5.18. The van der Waals surface area contributed by atoms with Crippen LogP contribution in [0.25, 0.3) is 0 Å². The second-order valence-electron chi connectivity index (χ2n) is 9.62. The van der Waals surface area contributed by atoms with E-state index in [4.69, 9.17) is 4.74 Å². The molecule has 34 heavy (non-hydrogen) atoms. The van der Waals surface area contributed by atoms with Crippen LogP contribution in [0.4, 0.5) is 0 Å². The summed E-state index contributed by atoms with van der Waals surface area (Å²) in [7, 11) is -3.63. The van der Waals surface area contributed by atoms with E-state index in [0.717, 1.165) is 18.4 Å². The quantitative estimate of drug-likeness (QED) is 0.607. The molecule has 1 saturated heterocycles. The molecule has 0 bridgehead atoms. The fourth-order valence-electron chi connectivity index (χ4n) is 4.93. The van der Waals surface area contributed by atoms with Crippen LogP contribution in [-0.4, -0.2) is 55.2 Å². The van der Waals surface area contributed by atoms with Gasteiger partial charge in [-0.05, 0) is 67.0 Å². The Morgan fingerprint density at radius 3 is 2.24 bits per heavy atom. The first-order chi connectivity index (χ1) is 16.1. The Morgan fingerprint density at radius 1 is 0.971 bits per heavy atom. The Hall–Kier alpha value is -2.71. The van der Waals surface area contributed by atoms with Gasteiger partial charge in [-0.1, -0.05) is 38.1 Å². The van der Waals surface area contributed by atoms with Gasteiger partial charge >= 0.3 is 5.97 Å². The Morgan fingerprint density at radius 2 is 1.59 bits per heavy atom. The number of esters is 1. The molecule has 7 nitrogen and oxygen atoms in total. The van der Waals surface area contributed by atoms with Gasteiger partial charge in [-0.3, -0.25) is 4.79 Å². The van der Waals surface area contributed by atoms with Crippen molar-refractivity contribution in [3.05, 3.63) is 65.2 Å². The summed E-state index contributed by atoms with van der Waals surface area (Å²) in [6.07, 6.45) is 0.850. The smallest absolute Gasteiger partial charge is 0.338 e. The summed E-state index contributed by atoms with van der Waals surface area (Å²) < 4.78 is 33.0. The standard InChI is InChI=1S/C26H32N2O5S/c1-18-14-19(2)16-28(15-18)34(31,32)24-10-8-22(9-11-24)26(30)33-20(3)25(29)27-13-12-21-6-4-5-7-23(21)17-27/h4-11,18-20H,12-17H2,1-3H3/t18-,19-,20-/m0/s1. The van der Waals surface area contributed by atoms with Crippen molar-refractivity contribution in [2.45, 2.75) is 51.2 Å². The lowest BCUT2D eigenvalue weighted by molar-refractivity contribution is -0.140. The number of rotatable bonds is 5. The first kappa shape index (κ1) is 24.4. The normalized spacial score (nSPS) is 22.0. The minimum absolute atomic E-state index is 0.154. The van der Waals surface area contributed by atoms with Crippen LogP contribution in [0.2, 0.25) is 0 Å². The lowest BCUT2D eigenvalue weighted by atomic mass is 9.94. The fraction of sp³-hybridized carbons (Fsp3) is 0.462. The zero-order valence-electron chi connectivity index (χ0n) is 19.9. The van der Waals surface area contributed by atoms with Gasteiger partial charge in [0, 0.05) is 26.2 Å². The lowest BCUT2D eigenvalue weighted by Gasteiger charge is -2.34. The molecule has 0 aromatic heterocycles. The predicted octanol–water partition coefficient (Wildman–Crippen LogP) is 3.48. The number of carbonyl (C=O) groups excluding carboxylic acids is 2. The first-order valence-corrected chi connectivity index (χ1v) is 13.3. The molecular weight excluding hydrogens is 452 g/mol. The molecule has 2 aliphatic rings. The van der Waals surface area contributed by atoms with Gasteiger partial charge in [0.05, 0.1) is 10.5 Å². The number of nitrogens with zero attached hydrogens (tertiary/aromatic N) is 2. The van der Waals surface area contributed by atoms with Crippen LogP contribution in [0.3, 0.4) is 0 Å². The van der Waals surface area contributed by atoms with Crippen molar-refractivity contribution < 1.29 is 22.7 Å². The first-order valence-electron chi connectivity index (χ1n) is 11.8. The van der Waals surface area contributed by atoms with Crippen LogP contribution in [-0.2, 0) is 32.5 Å². The van der Waals surface area contributed by atoms with Crippen molar-refractivity contribution in [1.82, 2.24) is 9.21 Å². The highest BCUT2D eigenvalue weighted by molar-refractivity contribution is 7.89. The molecule has 0 saturated carbocycles. The van der Waals surface area contributed by atoms with Gasteiger partial charge in [0.1, 0.15) is 0 Å². The van der Waals surface area contributed by atoms with Gasteiger partial charge in [0.25, 0.3) is 5.91 Å². The maximum atomic E-state index is 13.0. The third-order valence-electron chi connectivity index (χ3n) is 6.64. The second-order valence-corrected chi connectivity index (χ2v) is 11.6. The number of carbonyl (C=O) groups is 2. The number of sulfonamides is 1. The monoisotopic (exact) mass is 484 g/mol. The molecule has 0 aliphatic carbocycles. The molecule has 1 amide bonds. The van der Waals surface area contributed by atoms with E-state index in [-0.39, 0.29) is 16.4 Å². The van der Waals surface area contributed by atoms with Crippen LogP contribution in [0.15, 0.2) is 53.4 Å². The van der Waals surface area contributed by atoms with E-state index >= 15 is 0 Å². The van der Waals surface area contributed by atoms with Crippen LogP contribution in [0, 0.1) is 11.8 Å². The zero-order chi connectivity index (χ0) is 24.5. The number of amides is 1. The van der Waals surface area contributed by atoms with E-state index in [1.807, 2.05) is 18.2 Å². The molecule has 2 heterocycles. The van der Waals surface area contributed by atoms with Gasteiger partial charge in [-0.25, -0.2) is 13.2 Å². The molecule has 2 aromatic carbocycles. The molecule has 8 heteroatoms. The Bertz CT molecular complexity index is 1150. The SMILES string of the molecule is C[C@H]1C[C@H](C)CN(S(=O)(=O)c2ccc(C(=O)O[C@@H](C)C(=O)N3CCc4ccccc4C3)cc2)C1. The Balaban J connectivity index is 1.38. The molecule has 182 valence electrons. The highest BCUT2D eigenvalue weighted by Gasteiger charge is 2.32. The zero-order valence-corrected chi connectivity index (χ0v) is 20.8. The molecule has 0 radical (unpaired) electrons. The van der Waals surface area contributed by atoms with E-state index < -0.39 is 22.1 Å². The highest BCUT2D eigenvalue weighted by Crippen LogP contribution is 2.27. The molecule has 4 rings (SSSR count). The molecule has 0 unspecified atom stereocenters. The van der Waals surface area contributed by atoms with Crippen molar-refractivity contribution >= 4 is 21.9 Å². The maximum absolute atomic E-state index is 13.0. The van der Waals surface area contributed by atoms with Crippen LogP contribution in [0.1, 0.15) is 48.7 Å². The number of piperidine rings is 1. The van der Waals surface area contributed by atoms with Crippen molar-refractivity contribution in [3.8, 4) is 0 Å². The van der Waals surface area contributed by atoms with E-state index in [1.54, 1.807) is 11.8 Å². The molecule has 0 N–H and O–H groups in total. The van der Waals surface area contributed by atoms with Crippen LogP contribution >= 0.6 is 0 Å². The average molecular weight is 485 g/mol. The van der Waals surface area contributed by atoms with Gasteiger partial charge in [-0.15, -0.1) is 0 Å².